The minimum atomic E-state index is -5.87. The van der Waals surface area contributed by atoms with E-state index in [1.807, 2.05) is 0 Å². The largest absolute Gasteiger partial charge is 2.00 e. The Kier molecular flexibility index (Phi) is 8.71. The molecular formula is O12P4Sn2. The third-order valence-corrected chi connectivity index (χ3v) is 7.20. The van der Waals surface area contributed by atoms with Crippen molar-refractivity contribution in [3.8, 4) is 0 Å². The summed E-state index contributed by atoms with van der Waals surface area (Å²) in [5.41, 5.74) is 0. The van der Waals surface area contributed by atoms with Crippen LogP contribution in [0.4, 0.5) is 0 Å². The van der Waals surface area contributed by atoms with Crippen molar-refractivity contribution in [3.05, 3.63) is 0 Å². The molecule has 0 N–H and O–H groups in total. The van der Waals surface area contributed by atoms with Crippen molar-refractivity contribution in [1.82, 2.24) is 0 Å². The van der Waals surface area contributed by atoms with E-state index in [0.717, 1.165) is 0 Å². The van der Waals surface area contributed by atoms with E-state index in [4.69, 9.17) is 0 Å². The quantitative estimate of drug-likeness (QED) is 0.221. The van der Waals surface area contributed by atoms with Crippen LogP contribution in [0.2, 0.25) is 0 Å². The van der Waals surface area contributed by atoms with E-state index in [9.17, 15) is 37.8 Å². The Morgan fingerprint density at radius 3 is 0.722 bits per heavy atom. The zero-order valence-electron chi connectivity index (χ0n) is 7.69. The average Bonchev–Trinajstić information content (AvgIpc) is 1.67. The second-order valence-corrected chi connectivity index (χ2v) is 8.31. The van der Waals surface area contributed by atoms with Crippen LogP contribution in [0.15, 0.2) is 0 Å². The summed E-state index contributed by atoms with van der Waals surface area (Å²) in [7, 11) is -23.5. The van der Waals surface area contributed by atoms with Gasteiger partial charge in [-0.3, -0.25) is 18.3 Å². The van der Waals surface area contributed by atoms with Crippen LogP contribution in [0.5, 0.6) is 0 Å². The maximum atomic E-state index is 10.6. The Balaban J connectivity index is 0. The Bertz CT molecular complexity index is 366. The van der Waals surface area contributed by atoms with E-state index in [0.29, 0.717) is 0 Å². The Hall–Kier alpha value is 2.20. The van der Waals surface area contributed by atoms with Gasteiger partial charge < -0.3 is 19.6 Å². The molecular weight excluding hydrogens is 553 g/mol. The molecule has 1 fully saturated rings. The van der Waals surface area contributed by atoms with Gasteiger partial charge in [-0.05, 0) is 0 Å². The SMILES string of the molecule is O=P1([O-])OP(=O)([O-])OP(=O)([O-])OP(=O)([O-])O1.[Sn+2].[Sn+2]. The summed E-state index contributed by atoms with van der Waals surface area (Å²) in [6.07, 6.45) is 0. The molecule has 0 amide bonds. The van der Waals surface area contributed by atoms with Gasteiger partial charge in [-0.15, -0.1) is 0 Å². The van der Waals surface area contributed by atoms with Gasteiger partial charge in [0, 0.05) is 0 Å². The fourth-order valence-electron chi connectivity index (χ4n) is 0.550. The fraction of sp³-hybridized carbons (Fsp3) is 0. The van der Waals surface area contributed by atoms with Crippen LogP contribution in [-0.4, -0.2) is 47.8 Å². The van der Waals surface area contributed by atoms with E-state index in [1.54, 1.807) is 0 Å². The molecule has 0 spiro atoms. The third-order valence-electron chi connectivity index (χ3n) is 0.800. The smallest absolute Gasteiger partial charge is 0.756 e. The van der Waals surface area contributed by atoms with Crippen molar-refractivity contribution in [2.24, 2.45) is 0 Å². The predicted molar refractivity (Wildman–Crippen MR) is 46.3 cm³/mol. The molecule has 1 aliphatic rings. The van der Waals surface area contributed by atoms with Gasteiger partial charge in [-0.1, -0.05) is 0 Å². The van der Waals surface area contributed by atoms with Gasteiger partial charge in [0.1, 0.15) is 0 Å². The summed E-state index contributed by atoms with van der Waals surface area (Å²) in [5.74, 6) is 0. The third kappa shape index (κ3) is 7.84. The van der Waals surface area contributed by atoms with Crippen LogP contribution in [0, 0.1) is 0 Å². The first kappa shape index (κ1) is 22.5. The van der Waals surface area contributed by atoms with Gasteiger partial charge in [0.15, 0.2) is 0 Å². The first-order chi connectivity index (χ1) is 6.83. The van der Waals surface area contributed by atoms with Gasteiger partial charge in [0.2, 0.25) is 0 Å². The van der Waals surface area contributed by atoms with Crippen LogP contribution in [0.25, 0.3) is 0 Å². The van der Waals surface area contributed by atoms with Crippen molar-refractivity contribution in [1.29, 1.82) is 0 Å². The molecule has 1 rings (SSSR count). The molecule has 100 valence electrons. The molecule has 12 nitrogen and oxygen atoms in total. The molecule has 0 saturated carbocycles. The summed E-state index contributed by atoms with van der Waals surface area (Å²) < 4.78 is 54.5. The van der Waals surface area contributed by atoms with Crippen molar-refractivity contribution < 1.29 is 55.1 Å². The average molecular weight is 553 g/mol. The monoisotopic (exact) mass is 556 g/mol. The van der Waals surface area contributed by atoms with Crippen LogP contribution >= 0.6 is 31.3 Å². The normalized spacial score (nSPS) is 49.1. The van der Waals surface area contributed by atoms with Crippen molar-refractivity contribution >= 4 is 79.1 Å². The van der Waals surface area contributed by atoms with Crippen molar-refractivity contribution in [3.63, 3.8) is 0 Å². The molecule has 1 saturated heterocycles. The summed E-state index contributed by atoms with van der Waals surface area (Å²) in [6.45, 7) is 0. The molecule has 18 heteroatoms. The number of hydrogen-bond donors (Lipinski definition) is 0. The standard InChI is InChI=1S/H4O12P4.2Sn/c1-13(2)9-14(3,4)11-16(7,8)12-15(5,6)10-13;;/h(H,1,2)(H,3,4)(H,5,6)(H,7,8);;/q;2*+2/p-4. The number of phosphoric acid groups is 4. The molecule has 0 bridgehead atoms. The topological polar surface area (TPSA) is 197 Å². The van der Waals surface area contributed by atoms with Gasteiger partial charge >= 0.3 is 47.8 Å². The minimum Gasteiger partial charge on any atom is -0.756 e. The summed E-state index contributed by atoms with van der Waals surface area (Å²) in [6, 6.07) is 0. The molecule has 18 heavy (non-hydrogen) atoms. The van der Waals surface area contributed by atoms with Crippen LogP contribution in [-0.2, 0) is 35.5 Å². The zero-order valence-corrected chi connectivity index (χ0v) is 17.0. The molecule has 0 aliphatic carbocycles. The Morgan fingerprint density at radius 1 is 0.500 bits per heavy atom. The summed E-state index contributed by atoms with van der Waals surface area (Å²) in [4.78, 5) is 42.2. The molecule has 1 heterocycles. The second kappa shape index (κ2) is 6.97. The Morgan fingerprint density at radius 2 is 0.611 bits per heavy atom. The van der Waals surface area contributed by atoms with Crippen molar-refractivity contribution in [2.45, 2.75) is 0 Å². The predicted octanol–water partition coefficient (Wildman–Crippen LogP) is -2.82. The maximum absolute atomic E-state index is 10.6. The van der Waals surface area contributed by atoms with Crippen LogP contribution < -0.4 is 19.6 Å². The molecule has 4 radical (unpaired) electrons. The first-order valence-corrected chi connectivity index (χ1v) is 8.76. The van der Waals surface area contributed by atoms with Gasteiger partial charge in [0.25, 0.3) is 31.3 Å². The molecule has 0 aromatic carbocycles. The molecule has 0 aromatic rings. The van der Waals surface area contributed by atoms with Gasteiger partial charge in [-0.25, -0.2) is 17.2 Å². The summed E-state index contributed by atoms with van der Waals surface area (Å²) in [5, 5.41) is 0. The van der Waals surface area contributed by atoms with E-state index >= 15 is 0 Å². The molecule has 0 atom stereocenters. The Labute approximate surface area is 133 Å². The van der Waals surface area contributed by atoms with Crippen LogP contribution in [0.1, 0.15) is 0 Å². The second-order valence-electron chi connectivity index (χ2n) is 2.12. The number of rotatable bonds is 0. The molecule has 0 unspecified atom stereocenters. The fourth-order valence-corrected chi connectivity index (χ4v) is 6.02. The van der Waals surface area contributed by atoms with E-state index in [-0.39, 0.29) is 47.8 Å². The first-order valence-electron chi connectivity index (χ1n) is 2.92. The van der Waals surface area contributed by atoms with Crippen LogP contribution in [0.3, 0.4) is 0 Å². The maximum Gasteiger partial charge on any atom is 2.00 e. The molecule has 0 aromatic heterocycles. The van der Waals surface area contributed by atoms with E-state index in [1.165, 1.54) is 0 Å². The van der Waals surface area contributed by atoms with Gasteiger partial charge in [-0.2, -0.15) is 0 Å². The minimum absolute atomic E-state index is 0. The summed E-state index contributed by atoms with van der Waals surface area (Å²) >= 11 is 0. The molecule has 1 aliphatic heterocycles. The van der Waals surface area contributed by atoms with E-state index in [2.05, 4.69) is 17.2 Å². The number of hydrogen-bond acceptors (Lipinski definition) is 12. The van der Waals surface area contributed by atoms with Crippen molar-refractivity contribution in [2.75, 3.05) is 0 Å². The zero-order chi connectivity index (χ0) is 12.8. The van der Waals surface area contributed by atoms with Gasteiger partial charge in [0.05, 0.1) is 0 Å². The van der Waals surface area contributed by atoms with E-state index < -0.39 is 31.3 Å².